The molecular formula is C17H24N4O2. The van der Waals surface area contributed by atoms with Crippen LogP contribution in [0.1, 0.15) is 36.1 Å². The molecule has 0 spiro atoms. The molecule has 6 nitrogen and oxygen atoms in total. The molecule has 2 aromatic heterocycles. The molecule has 2 aromatic rings. The summed E-state index contributed by atoms with van der Waals surface area (Å²) >= 11 is 0. The fraction of sp³-hybridized carbons (Fsp3) is 0.588. The van der Waals surface area contributed by atoms with E-state index in [0.717, 1.165) is 53.8 Å². The molecule has 0 unspecified atom stereocenters. The van der Waals surface area contributed by atoms with Gasteiger partial charge in [0.05, 0.1) is 12.5 Å². The van der Waals surface area contributed by atoms with Gasteiger partial charge in [0.2, 0.25) is 11.8 Å². The molecule has 6 heteroatoms. The van der Waals surface area contributed by atoms with E-state index < -0.39 is 0 Å². The minimum atomic E-state index is 0.250. The quantitative estimate of drug-likeness (QED) is 0.867. The number of pyridine rings is 1. The van der Waals surface area contributed by atoms with E-state index >= 15 is 0 Å². The molecule has 1 aliphatic rings. The number of amides is 1. The molecule has 1 fully saturated rings. The second-order valence-electron chi connectivity index (χ2n) is 6.22. The Balaban J connectivity index is 1.89. The third-order valence-corrected chi connectivity index (χ3v) is 4.76. The van der Waals surface area contributed by atoms with Crippen LogP contribution in [0.25, 0.3) is 11.0 Å². The van der Waals surface area contributed by atoms with Crippen molar-refractivity contribution in [2.24, 2.45) is 7.05 Å². The van der Waals surface area contributed by atoms with Gasteiger partial charge < -0.3 is 9.64 Å². The smallest absolute Gasteiger partial charge is 0.242 e. The zero-order valence-corrected chi connectivity index (χ0v) is 14.3. The van der Waals surface area contributed by atoms with Crippen molar-refractivity contribution in [2.75, 3.05) is 20.2 Å². The highest BCUT2D eigenvalue weighted by Gasteiger charge is 2.21. The van der Waals surface area contributed by atoms with E-state index in [1.807, 2.05) is 18.9 Å². The molecule has 0 aliphatic carbocycles. The number of nitrogens with zero attached hydrogens (tertiary/aromatic N) is 4. The van der Waals surface area contributed by atoms with Gasteiger partial charge in [-0.05, 0) is 44.2 Å². The van der Waals surface area contributed by atoms with E-state index in [0.29, 0.717) is 18.7 Å². The van der Waals surface area contributed by atoms with Gasteiger partial charge in [0.15, 0.2) is 5.65 Å². The molecule has 0 aromatic carbocycles. The van der Waals surface area contributed by atoms with Crippen LogP contribution in [0.15, 0.2) is 0 Å². The fourth-order valence-electron chi connectivity index (χ4n) is 3.46. The molecule has 3 rings (SSSR count). The summed E-state index contributed by atoms with van der Waals surface area (Å²) in [6.07, 6.45) is 3.51. The maximum Gasteiger partial charge on any atom is 0.242 e. The Hall–Kier alpha value is -2.11. The van der Waals surface area contributed by atoms with E-state index in [1.165, 1.54) is 0 Å². The lowest BCUT2D eigenvalue weighted by atomic mass is 10.00. The summed E-state index contributed by atoms with van der Waals surface area (Å²) in [6.45, 7) is 5.88. The van der Waals surface area contributed by atoms with Crippen molar-refractivity contribution < 1.29 is 9.53 Å². The van der Waals surface area contributed by atoms with Gasteiger partial charge in [-0.25, -0.2) is 9.67 Å². The lowest BCUT2D eigenvalue weighted by Crippen LogP contribution is -2.27. The van der Waals surface area contributed by atoms with E-state index in [-0.39, 0.29) is 5.91 Å². The fourth-order valence-corrected chi connectivity index (χ4v) is 3.46. The number of likely N-dealkylation sites (tertiary alicyclic amines) is 1. The van der Waals surface area contributed by atoms with Gasteiger partial charge in [-0.1, -0.05) is 0 Å². The molecule has 0 bridgehead atoms. The van der Waals surface area contributed by atoms with Crippen LogP contribution in [0.5, 0.6) is 5.88 Å². The molecule has 0 N–H and O–H groups in total. The first kappa shape index (κ1) is 15.8. The number of ether oxygens (including phenoxy) is 1. The number of carbonyl (C=O) groups excluding carboxylic acids is 1. The average Bonchev–Trinajstić information content (AvgIpc) is 3.15. The third kappa shape index (κ3) is 2.78. The van der Waals surface area contributed by atoms with Crippen LogP contribution in [0, 0.1) is 13.8 Å². The summed E-state index contributed by atoms with van der Waals surface area (Å²) in [6, 6.07) is 0. The Morgan fingerprint density at radius 2 is 1.96 bits per heavy atom. The number of aromatic nitrogens is 3. The van der Waals surface area contributed by atoms with Crippen molar-refractivity contribution in [3.05, 3.63) is 16.8 Å². The summed E-state index contributed by atoms with van der Waals surface area (Å²) < 4.78 is 7.13. The lowest BCUT2D eigenvalue weighted by Gasteiger charge is -2.16. The second kappa shape index (κ2) is 6.18. The third-order valence-electron chi connectivity index (χ3n) is 4.76. The molecule has 0 saturated carbocycles. The normalized spacial score (nSPS) is 14.7. The van der Waals surface area contributed by atoms with Gasteiger partial charge in [0, 0.05) is 32.3 Å². The molecule has 23 heavy (non-hydrogen) atoms. The molecule has 3 heterocycles. The maximum absolute atomic E-state index is 12.3. The largest absolute Gasteiger partial charge is 0.479 e. The molecule has 0 atom stereocenters. The first-order valence-electron chi connectivity index (χ1n) is 8.17. The van der Waals surface area contributed by atoms with Gasteiger partial charge in [0.25, 0.3) is 0 Å². The number of methoxy groups -OCH3 is 1. The number of hydrogen-bond acceptors (Lipinski definition) is 4. The van der Waals surface area contributed by atoms with Crippen molar-refractivity contribution in [3.63, 3.8) is 0 Å². The highest BCUT2D eigenvalue weighted by atomic mass is 16.5. The second-order valence-corrected chi connectivity index (χ2v) is 6.22. The standard InChI is InChI=1S/C17H24N4O2/c1-11-13(7-8-14(22)21-9-5-6-10-21)12(2)18-16-15(11)17(23-4)19-20(16)3/h5-10H2,1-4H3. The van der Waals surface area contributed by atoms with Crippen molar-refractivity contribution in [2.45, 2.75) is 39.5 Å². The molecule has 1 aliphatic heterocycles. The van der Waals surface area contributed by atoms with E-state index in [4.69, 9.17) is 4.74 Å². The zero-order chi connectivity index (χ0) is 16.6. The predicted octanol–water partition coefficient (Wildman–Crippen LogP) is 2.15. The number of aryl methyl sites for hydroxylation is 3. The lowest BCUT2D eigenvalue weighted by molar-refractivity contribution is -0.130. The Bertz CT molecular complexity index is 745. The predicted molar refractivity (Wildman–Crippen MR) is 88.7 cm³/mol. The molecule has 1 amide bonds. The Kier molecular flexibility index (Phi) is 4.24. The number of carbonyl (C=O) groups is 1. The maximum atomic E-state index is 12.3. The highest BCUT2D eigenvalue weighted by Crippen LogP contribution is 2.30. The van der Waals surface area contributed by atoms with E-state index in [2.05, 4.69) is 17.0 Å². The first-order valence-corrected chi connectivity index (χ1v) is 8.17. The summed E-state index contributed by atoms with van der Waals surface area (Å²) in [5, 5.41) is 5.31. The number of hydrogen-bond donors (Lipinski definition) is 0. The number of rotatable bonds is 4. The van der Waals surface area contributed by atoms with Crippen LogP contribution in [0.4, 0.5) is 0 Å². The minimum Gasteiger partial charge on any atom is -0.479 e. The average molecular weight is 316 g/mol. The van der Waals surface area contributed by atoms with E-state index in [9.17, 15) is 4.79 Å². The summed E-state index contributed by atoms with van der Waals surface area (Å²) in [5.41, 5.74) is 4.05. The van der Waals surface area contributed by atoms with Gasteiger partial charge in [-0.3, -0.25) is 4.79 Å². The van der Waals surface area contributed by atoms with Gasteiger partial charge in [-0.15, -0.1) is 5.10 Å². The molecular weight excluding hydrogens is 292 g/mol. The van der Waals surface area contributed by atoms with Gasteiger partial charge in [-0.2, -0.15) is 0 Å². The highest BCUT2D eigenvalue weighted by molar-refractivity contribution is 5.86. The van der Waals surface area contributed by atoms with Crippen molar-refractivity contribution >= 4 is 16.9 Å². The van der Waals surface area contributed by atoms with Crippen molar-refractivity contribution in [1.82, 2.24) is 19.7 Å². The van der Waals surface area contributed by atoms with Crippen LogP contribution in [0.2, 0.25) is 0 Å². The molecule has 124 valence electrons. The first-order chi connectivity index (χ1) is 11.0. The summed E-state index contributed by atoms with van der Waals surface area (Å²) in [7, 11) is 3.49. The van der Waals surface area contributed by atoms with Crippen LogP contribution in [-0.2, 0) is 18.3 Å². The summed E-state index contributed by atoms with van der Waals surface area (Å²) in [5.74, 6) is 0.846. The van der Waals surface area contributed by atoms with Gasteiger partial charge >= 0.3 is 0 Å². The minimum absolute atomic E-state index is 0.250. The van der Waals surface area contributed by atoms with Crippen LogP contribution < -0.4 is 4.74 Å². The SMILES string of the molecule is COc1nn(C)c2nc(C)c(CCC(=O)N3CCCC3)c(C)c12. The van der Waals surface area contributed by atoms with Crippen molar-refractivity contribution in [1.29, 1.82) is 0 Å². The van der Waals surface area contributed by atoms with Gasteiger partial charge in [0.1, 0.15) is 0 Å². The molecule has 0 radical (unpaired) electrons. The Morgan fingerprint density at radius 1 is 1.26 bits per heavy atom. The Morgan fingerprint density at radius 3 is 2.61 bits per heavy atom. The van der Waals surface area contributed by atoms with Crippen LogP contribution in [-0.4, -0.2) is 45.8 Å². The molecule has 1 saturated heterocycles. The van der Waals surface area contributed by atoms with Crippen LogP contribution >= 0.6 is 0 Å². The number of fused-ring (bicyclic) bond motifs is 1. The zero-order valence-electron chi connectivity index (χ0n) is 14.3. The van der Waals surface area contributed by atoms with Crippen molar-refractivity contribution in [3.8, 4) is 5.88 Å². The monoisotopic (exact) mass is 316 g/mol. The van der Waals surface area contributed by atoms with Crippen LogP contribution in [0.3, 0.4) is 0 Å². The Labute approximate surface area is 136 Å². The topological polar surface area (TPSA) is 60.2 Å². The van der Waals surface area contributed by atoms with E-state index in [1.54, 1.807) is 11.8 Å². The summed E-state index contributed by atoms with van der Waals surface area (Å²) in [4.78, 5) is 18.9.